The van der Waals surface area contributed by atoms with E-state index in [1.807, 2.05) is 0 Å². The van der Waals surface area contributed by atoms with Crippen molar-refractivity contribution in [3.63, 3.8) is 0 Å². The zero-order chi connectivity index (χ0) is 30.3. The minimum absolute atomic E-state index is 0.0454. The molecule has 0 bridgehead atoms. The summed E-state index contributed by atoms with van der Waals surface area (Å²) < 4.78 is 35.7. The van der Waals surface area contributed by atoms with Gasteiger partial charge in [0.25, 0.3) is 0 Å². The van der Waals surface area contributed by atoms with Crippen molar-refractivity contribution in [2.45, 2.75) is 52.7 Å². The molecule has 0 atom stereocenters. The zero-order valence-electron chi connectivity index (χ0n) is 24.0. The van der Waals surface area contributed by atoms with Gasteiger partial charge in [0, 0.05) is 35.0 Å². The van der Waals surface area contributed by atoms with Crippen molar-refractivity contribution in [2.24, 2.45) is 0 Å². The molecule has 217 valence electrons. The zero-order valence-corrected chi connectivity index (χ0v) is 25.5. The first-order valence-corrected chi connectivity index (χ1v) is 13.3. The van der Waals surface area contributed by atoms with Gasteiger partial charge in [-0.2, -0.15) is 0 Å². The molecular weight excluding hydrogens is 574 g/mol. The van der Waals surface area contributed by atoms with E-state index in [4.69, 9.17) is 51.5 Å². The fourth-order valence-corrected chi connectivity index (χ4v) is 4.61. The second-order valence-electron chi connectivity index (χ2n) is 11.0. The van der Waals surface area contributed by atoms with E-state index >= 15 is 0 Å². The Hall–Kier alpha value is -3.70. The molecule has 41 heavy (non-hydrogen) atoms. The smallest absolute Gasteiger partial charge is 0.513 e. The third kappa shape index (κ3) is 6.63. The Balaban J connectivity index is 1.72. The second kappa shape index (κ2) is 11.3. The van der Waals surface area contributed by atoms with Gasteiger partial charge in [-0.3, -0.25) is 0 Å². The highest BCUT2D eigenvalue weighted by Gasteiger charge is 2.28. The lowest BCUT2D eigenvalue weighted by Crippen LogP contribution is -2.29. The van der Waals surface area contributed by atoms with Crippen LogP contribution in [0.15, 0.2) is 36.4 Å². The molecule has 0 N–H and O–H groups in total. The van der Waals surface area contributed by atoms with Crippen LogP contribution in [0.1, 0.15) is 41.5 Å². The van der Waals surface area contributed by atoms with Crippen LogP contribution in [0.2, 0.25) is 10.0 Å². The molecular formula is C28H30BCl2N2O8. The third-order valence-corrected chi connectivity index (χ3v) is 6.12. The first-order valence-electron chi connectivity index (χ1n) is 12.5. The third-order valence-electron chi connectivity index (χ3n) is 5.54. The number of fused-ring (bicyclic) bond motifs is 2. The standard InChI is InChI=1S/C28H30BCl2N2O8/c1-27(2,3)38-25(34)32-21(11-15-9-17(36-7)13-19(30)23(15)32)40-29-41-22-12-16-10-18(37-8)14-20(31)24(16)33(22)26(35)39-28(4,5)6/h9-14H,1-8H3. The Bertz CT molecular complexity index is 1510. The van der Waals surface area contributed by atoms with Gasteiger partial charge in [0.15, 0.2) is 11.8 Å². The summed E-state index contributed by atoms with van der Waals surface area (Å²) in [5.74, 6) is 1.07. The maximum Gasteiger partial charge on any atom is 0.660 e. The average Bonchev–Trinajstić information content (AvgIpc) is 3.40. The first-order chi connectivity index (χ1) is 19.1. The number of carbonyl (C=O) groups excluding carboxylic acids is 2. The van der Waals surface area contributed by atoms with Gasteiger partial charge in [0.2, 0.25) is 0 Å². The largest absolute Gasteiger partial charge is 0.660 e. The number of hydrogen-bond acceptors (Lipinski definition) is 8. The molecule has 2 heterocycles. The maximum absolute atomic E-state index is 13.2. The molecule has 10 nitrogen and oxygen atoms in total. The van der Waals surface area contributed by atoms with Crippen molar-refractivity contribution < 1.29 is 37.8 Å². The Labute approximate surface area is 248 Å². The molecule has 0 fully saturated rings. The van der Waals surface area contributed by atoms with Crippen LogP contribution in [0.25, 0.3) is 21.8 Å². The molecule has 1 radical (unpaired) electrons. The molecule has 0 spiro atoms. The van der Waals surface area contributed by atoms with Crippen molar-refractivity contribution in [2.75, 3.05) is 14.2 Å². The highest BCUT2D eigenvalue weighted by molar-refractivity contribution is 6.36. The first kappa shape index (κ1) is 30.3. The summed E-state index contributed by atoms with van der Waals surface area (Å²) in [5.41, 5.74) is -0.879. The summed E-state index contributed by atoms with van der Waals surface area (Å²) in [6.07, 6.45) is -1.44. The lowest BCUT2D eigenvalue weighted by molar-refractivity contribution is 0.0528. The molecule has 0 aliphatic carbocycles. The molecule has 4 aromatic rings. The molecule has 0 unspecified atom stereocenters. The van der Waals surface area contributed by atoms with E-state index in [0.717, 1.165) is 7.69 Å². The average molecular weight is 604 g/mol. The molecule has 2 aromatic carbocycles. The van der Waals surface area contributed by atoms with Crippen LogP contribution in [0, 0.1) is 0 Å². The maximum atomic E-state index is 13.2. The number of rotatable bonds is 6. The van der Waals surface area contributed by atoms with Gasteiger partial charge >= 0.3 is 19.9 Å². The quantitative estimate of drug-likeness (QED) is 0.209. The minimum Gasteiger partial charge on any atom is -0.513 e. The lowest BCUT2D eigenvalue weighted by Gasteiger charge is -2.21. The van der Waals surface area contributed by atoms with E-state index in [1.165, 1.54) is 23.4 Å². The van der Waals surface area contributed by atoms with Crippen LogP contribution in [0.4, 0.5) is 9.59 Å². The minimum atomic E-state index is -0.793. The van der Waals surface area contributed by atoms with Crippen molar-refractivity contribution in [1.82, 2.24) is 9.13 Å². The number of ether oxygens (including phenoxy) is 4. The summed E-state index contributed by atoms with van der Waals surface area (Å²) >= 11 is 13.0. The molecule has 0 aliphatic heterocycles. The molecule has 2 aromatic heterocycles. The number of aromatic nitrogens is 2. The number of methoxy groups -OCH3 is 2. The summed E-state index contributed by atoms with van der Waals surface area (Å²) in [7, 11) is 3.99. The SMILES string of the molecule is COc1cc(Cl)c2c(c1)cc(O[B]Oc1cc3cc(OC)cc(Cl)c3n1C(=O)OC(C)(C)C)n2C(=O)OC(C)(C)C. The molecule has 0 aliphatic rings. The van der Waals surface area contributed by atoms with Gasteiger partial charge < -0.3 is 28.3 Å². The molecule has 0 amide bonds. The Morgan fingerprint density at radius 2 is 1.02 bits per heavy atom. The molecule has 4 rings (SSSR count). The number of nitrogens with zero attached hydrogens (tertiary/aromatic N) is 2. The fraction of sp³-hybridized carbons (Fsp3) is 0.357. The second-order valence-corrected chi connectivity index (χ2v) is 11.8. The highest BCUT2D eigenvalue weighted by atomic mass is 35.5. The lowest BCUT2D eigenvalue weighted by atomic mass is 10.2. The Morgan fingerprint density at radius 3 is 1.34 bits per heavy atom. The van der Waals surface area contributed by atoms with Crippen LogP contribution in [0.3, 0.4) is 0 Å². The van der Waals surface area contributed by atoms with E-state index < -0.39 is 23.4 Å². The van der Waals surface area contributed by atoms with Gasteiger partial charge in [-0.05, 0) is 53.7 Å². The van der Waals surface area contributed by atoms with Crippen LogP contribution >= 0.6 is 23.2 Å². The normalized spacial score (nSPS) is 11.9. The van der Waals surface area contributed by atoms with Crippen LogP contribution in [-0.2, 0) is 9.47 Å². The van der Waals surface area contributed by atoms with Crippen molar-refractivity contribution in [1.29, 1.82) is 0 Å². The van der Waals surface area contributed by atoms with Crippen molar-refractivity contribution in [3.8, 4) is 23.3 Å². The van der Waals surface area contributed by atoms with E-state index in [-0.39, 0.29) is 21.8 Å². The van der Waals surface area contributed by atoms with Crippen molar-refractivity contribution in [3.05, 3.63) is 46.4 Å². The van der Waals surface area contributed by atoms with Crippen LogP contribution < -0.4 is 18.8 Å². The van der Waals surface area contributed by atoms with Gasteiger partial charge in [0.05, 0.1) is 35.3 Å². The predicted octanol–water partition coefficient (Wildman–Crippen LogP) is 7.48. The summed E-state index contributed by atoms with van der Waals surface area (Å²) in [4.78, 5) is 26.4. The van der Waals surface area contributed by atoms with E-state index in [9.17, 15) is 9.59 Å². The van der Waals surface area contributed by atoms with Gasteiger partial charge in [-0.25, -0.2) is 18.7 Å². The number of carbonyl (C=O) groups is 2. The molecule has 0 saturated heterocycles. The van der Waals surface area contributed by atoms with E-state index in [2.05, 4.69) is 0 Å². The number of hydrogen-bond donors (Lipinski definition) is 0. The van der Waals surface area contributed by atoms with E-state index in [1.54, 1.807) is 77.9 Å². The van der Waals surface area contributed by atoms with Crippen LogP contribution in [0.5, 0.6) is 23.3 Å². The Morgan fingerprint density at radius 1 is 0.659 bits per heavy atom. The van der Waals surface area contributed by atoms with Gasteiger partial charge in [-0.15, -0.1) is 0 Å². The molecule has 13 heteroatoms. The summed E-state index contributed by atoms with van der Waals surface area (Å²) in [5, 5.41) is 1.61. The van der Waals surface area contributed by atoms with Gasteiger partial charge in [0.1, 0.15) is 22.7 Å². The van der Waals surface area contributed by atoms with Crippen molar-refractivity contribution >= 4 is 64.9 Å². The molecule has 0 saturated carbocycles. The predicted molar refractivity (Wildman–Crippen MR) is 157 cm³/mol. The van der Waals surface area contributed by atoms with Crippen LogP contribution in [-0.4, -0.2) is 54.4 Å². The summed E-state index contributed by atoms with van der Waals surface area (Å²) in [6, 6.07) is 9.71. The summed E-state index contributed by atoms with van der Waals surface area (Å²) in [6.45, 7) is 10.5. The Kier molecular flexibility index (Phi) is 8.34. The number of halogens is 2. The highest BCUT2D eigenvalue weighted by Crippen LogP contribution is 2.37. The fourth-order valence-electron chi connectivity index (χ4n) is 4.01. The monoisotopic (exact) mass is 603 g/mol. The number of benzene rings is 2. The topological polar surface area (TPSA) is 99.4 Å². The van der Waals surface area contributed by atoms with Gasteiger partial charge in [-0.1, -0.05) is 23.2 Å². The van der Waals surface area contributed by atoms with E-state index in [0.29, 0.717) is 33.3 Å².